The Morgan fingerprint density at radius 3 is 2.78 bits per heavy atom. The number of hydrogen-bond donors (Lipinski definition) is 1. The second-order valence-corrected chi connectivity index (χ2v) is 7.15. The van der Waals surface area contributed by atoms with Crippen molar-refractivity contribution in [1.29, 1.82) is 0 Å². The molecule has 0 bridgehead atoms. The first-order chi connectivity index (χ1) is 8.46. The molecule has 0 unspecified atom stereocenters. The molecule has 1 heterocycles. The van der Waals surface area contributed by atoms with Gasteiger partial charge in [-0.1, -0.05) is 11.6 Å². The Kier molecular flexibility index (Phi) is 4.28. The minimum atomic E-state index is -3.70. The van der Waals surface area contributed by atoms with E-state index in [0.29, 0.717) is 4.47 Å². The molecule has 0 radical (unpaired) electrons. The average Bonchev–Trinajstić information content (AvgIpc) is 3.13. The molecule has 5 nitrogen and oxygen atoms in total. The molecule has 1 N–H and O–H groups in total. The second kappa shape index (κ2) is 5.42. The van der Waals surface area contributed by atoms with E-state index in [0.717, 1.165) is 12.8 Å². The monoisotopic (exact) mass is 354 g/mol. The smallest absolute Gasteiger partial charge is 0.246 e. The van der Waals surface area contributed by atoms with Crippen molar-refractivity contribution < 1.29 is 13.5 Å². The van der Waals surface area contributed by atoms with Gasteiger partial charge in [0.1, 0.15) is 10.0 Å². The first-order valence-electron chi connectivity index (χ1n) is 5.40. The number of aliphatic hydroxyl groups is 1. The summed E-state index contributed by atoms with van der Waals surface area (Å²) in [5.41, 5.74) is 0. The third-order valence-corrected chi connectivity index (χ3v) is 5.45. The molecule has 0 spiro atoms. The summed E-state index contributed by atoms with van der Waals surface area (Å²) in [7, 11) is -3.70. The first-order valence-corrected chi connectivity index (χ1v) is 8.01. The predicted octanol–water partition coefficient (Wildman–Crippen LogP) is 1.64. The van der Waals surface area contributed by atoms with E-state index < -0.39 is 10.0 Å². The van der Waals surface area contributed by atoms with E-state index in [1.807, 2.05) is 0 Å². The molecule has 8 heteroatoms. The Morgan fingerprint density at radius 2 is 2.22 bits per heavy atom. The van der Waals surface area contributed by atoms with Crippen LogP contribution in [0.5, 0.6) is 0 Å². The van der Waals surface area contributed by atoms with Crippen LogP contribution < -0.4 is 0 Å². The number of nitrogens with zero attached hydrogens (tertiary/aromatic N) is 2. The van der Waals surface area contributed by atoms with Crippen molar-refractivity contribution in [2.45, 2.75) is 23.8 Å². The van der Waals surface area contributed by atoms with Gasteiger partial charge in [0.2, 0.25) is 10.0 Å². The third kappa shape index (κ3) is 2.85. The van der Waals surface area contributed by atoms with E-state index in [2.05, 4.69) is 20.9 Å². The van der Waals surface area contributed by atoms with E-state index in [1.54, 1.807) is 0 Å². The van der Waals surface area contributed by atoms with Gasteiger partial charge in [0.05, 0.1) is 6.61 Å². The highest BCUT2D eigenvalue weighted by atomic mass is 79.9. The molecule has 100 valence electrons. The molecule has 18 heavy (non-hydrogen) atoms. The van der Waals surface area contributed by atoms with Crippen LogP contribution in [-0.4, -0.2) is 42.0 Å². The summed E-state index contributed by atoms with van der Waals surface area (Å²) >= 11 is 9.03. The van der Waals surface area contributed by atoms with Gasteiger partial charge in [0.25, 0.3) is 0 Å². The van der Waals surface area contributed by atoms with Crippen LogP contribution in [0.2, 0.25) is 5.15 Å². The molecule has 1 aliphatic rings. The molecule has 0 saturated heterocycles. The van der Waals surface area contributed by atoms with E-state index in [-0.39, 0.29) is 29.2 Å². The zero-order valence-corrected chi connectivity index (χ0v) is 12.5. The van der Waals surface area contributed by atoms with Crippen LogP contribution in [0.4, 0.5) is 0 Å². The number of halogens is 2. The molecular weight excluding hydrogens is 344 g/mol. The van der Waals surface area contributed by atoms with Gasteiger partial charge in [-0.25, -0.2) is 13.4 Å². The summed E-state index contributed by atoms with van der Waals surface area (Å²) in [5.74, 6) is 0. The van der Waals surface area contributed by atoms with Crippen LogP contribution in [0.3, 0.4) is 0 Å². The van der Waals surface area contributed by atoms with Gasteiger partial charge in [0.15, 0.2) is 0 Å². The Morgan fingerprint density at radius 1 is 1.56 bits per heavy atom. The Balaban J connectivity index is 2.42. The van der Waals surface area contributed by atoms with E-state index in [4.69, 9.17) is 16.7 Å². The molecule has 1 saturated carbocycles. The number of sulfonamides is 1. The van der Waals surface area contributed by atoms with Gasteiger partial charge < -0.3 is 5.11 Å². The highest BCUT2D eigenvalue weighted by Crippen LogP contribution is 2.34. The summed E-state index contributed by atoms with van der Waals surface area (Å²) in [4.78, 5) is 3.79. The molecule has 0 atom stereocenters. The fraction of sp³-hybridized carbons (Fsp3) is 0.500. The van der Waals surface area contributed by atoms with Crippen LogP contribution in [0.15, 0.2) is 21.6 Å². The van der Waals surface area contributed by atoms with Crippen LogP contribution in [0.25, 0.3) is 0 Å². The van der Waals surface area contributed by atoms with E-state index in [1.165, 1.54) is 16.6 Å². The zero-order valence-electron chi connectivity index (χ0n) is 9.38. The standard InChI is InChI=1S/C10H12BrClN2O3S/c11-7-5-9(10(12)13-6-7)18(16,17)14(3-4-15)8-1-2-8/h5-6,8,15H,1-4H2. The highest BCUT2D eigenvalue weighted by molar-refractivity contribution is 9.10. The third-order valence-electron chi connectivity index (χ3n) is 2.63. The molecule has 1 aromatic rings. The molecule has 1 aliphatic carbocycles. The molecule has 0 aliphatic heterocycles. The summed E-state index contributed by atoms with van der Waals surface area (Å²) < 4.78 is 26.7. The fourth-order valence-corrected chi connectivity index (χ4v) is 4.27. The fourth-order valence-electron chi connectivity index (χ4n) is 1.67. The lowest BCUT2D eigenvalue weighted by atomic mass is 10.5. The SMILES string of the molecule is O=S(=O)(c1cc(Br)cnc1Cl)N(CCO)C1CC1. The van der Waals surface area contributed by atoms with Gasteiger partial charge in [-0.05, 0) is 34.8 Å². The van der Waals surface area contributed by atoms with Crippen molar-refractivity contribution in [3.05, 3.63) is 21.9 Å². The van der Waals surface area contributed by atoms with Gasteiger partial charge >= 0.3 is 0 Å². The lowest BCUT2D eigenvalue weighted by molar-refractivity contribution is 0.250. The number of aliphatic hydroxyl groups excluding tert-OH is 1. The quantitative estimate of drug-likeness (QED) is 0.815. The van der Waals surface area contributed by atoms with Crippen LogP contribution in [-0.2, 0) is 10.0 Å². The van der Waals surface area contributed by atoms with Gasteiger partial charge in [-0.2, -0.15) is 4.31 Å². The number of hydrogen-bond acceptors (Lipinski definition) is 4. The highest BCUT2D eigenvalue weighted by Gasteiger charge is 2.38. The molecule has 1 fully saturated rings. The Bertz CT molecular complexity index is 548. The topological polar surface area (TPSA) is 70.5 Å². The molecule has 0 amide bonds. The minimum Gasteiger partial charge on any atom is -0.395 e. The van der Waals surface area contributed by atoms with Crippen molar-refractivity contribution in [3.8, 4) is 0 Å². The van der Waals surface area contributed by atoms with Crippen molar-refractivity contribution in [2.75, 3.05) is 13.2 Å². The number of aromatic nitrogens is 1. The lowest BCUT2D eigenvalue weighted by Gasteiger charge is -2.21. The van der Waals surface area contributed by atoms with Crippen molar-refractivity contribution >= 4 is 37.6 Å². The summed E-state index contributed by atoms with van der Waals surface area (Å²) in [6.07, 6.45) is 3.07. The maximum Gasteiger partial charge on any atom is 0.246 e. The van der Waals surface area contributed by atoms with E-state index in [9.17, 15) is 8.42 Å². The van der Waals surface area contributed by atoms with Crippen molar-refractivity contribution in [1.82, 2.24) is 9.29 Å². The van der Waals surface area contributed by atoms with Gasteiger partial charge in [-0.3, -0.25) is 0 Å². The van der Waals surface area contributed by atoms with Crippen molar-refractivity contribution in [3.63, 3.8) is 0 Å². The number of rotatable bonds is 5. The number of pyridine rings is 1. The van der Waals surface area contributed by atoms with Crippen LogP contribution >= 0.6 is 27.5 Å². The molecule has 0 aromatic carbocycles. The van der Waals surface area contributed by atoms with Crippen LogP contribution in [0, 0.1) is 0 Å². The molecule has 1 aromatic heterocycles. The largest absolute Gasteiger partial charge is 0.395 e. The van der Waals surface area contributed by atoms with Gasteiger partial charge in [0, 0.05) is 23.3 Å². The first kappa shape index (κ1) is 14.2. The Hall–Kier alpha value is -0.210. The molecule has 2 rings (SSSR count). The summed E-state index contributed by atoms with van der Waals surface area (Å²) in [5, 5.41) is 8.93. The minimum absolute atomic E-state index is 0.0288. The van der Waals surface area contributed by atoms with Gasteiger partial charge in [-0.15, -0.1) is 0 Å². The van der Waals surface area contributed by atoms with Crippen molar-refractivity contribution in [2.24, 2.45) is 0 Å². The normalized spacial score (nSPS) is 16.2. The zero-order chi connectivity index (χ0) is 13.3. The van der Waals surface area contributed by atoms with E-state index >= 15 is 0 Å². The maximum atomic E-state index is 12.4. The van der Waals surface area contributed by atoms with Crippen LogP contribution in [0.1, 0.15) is 12.8 Å². The molecular formula is C10H12BrClN2O3S. The maximum absolute atomic E-state index is 12.4. The average molecular weight is 356 g/mol. The second-order valence-electron chi connectivity index (χ2n) is 4.01. The summed E-state index contributed by atoms with van der Waals surface area (Å²) in [6, 6.07) is 1.40. The summed E-state index contributed by atoms with van der Waals surface area (Å²) in [6.45, 7) is -0.134. The Labute approximate surface area is 119 Å². The predicted molar refractivity (Wildman–Crippen MR) is 70.9 cm³/mol. The lowest BCUT2D eigenvalue weighted by Crippen LogP contribution is -2.35.